The van der Waals surface area contributed by atoms with Crippen molar-refractivity contribution in [3.8, 4) is 0 Å². The molecule has 0 unspecified atom stereocenters. The van der Waals surface area contributed by atoms with Crippen molar-refractivity contribution in [1.29, 1.82) is 0 Å². The number of fused-ring (bicyclic) bond motifs is 1. The van der Waals surface area contributed by atoms with Crippen LogP contribution in [0.15, 0.2) is 0 Å². The van der Waals surface area contributed by atoms with E-state index in [4.69, 9.17) is 4.74 Å². The second kappa shape index (κ2) is 2.71. The number of aromatic nitrogens is 2. The Morgan fingerprint density at radius 1 is 1.67 bits per heavy atom. The topological polar surface area (TPSA) is 44.1 Å². The van der Waals surface area contributed by atoms with E-state index in [-0.39, 0.29) is 0 Å². The minimum absolute atomic E-state index is 0.522. The summed E-state index contributed by atoms with van der Waals surface area (Å²) >= 11 is 0. The van der Waals surface area contributed by atoms with E-state index in [1.54, 1.807) is 0 Å². The summed E-state index contributed by atoms with van der Waals surface area (Å²) in [6.45, 7) is 3.95. The maximum absolute atomic E-state index is 10.5. The van der Waals surface area contributed by atoms with Gasteiger partial charge in [-0.15, -0.1) is 0 Å². The third-order valence-corrected chi connectivity index (χ3v) is 2.14. The highest BCUT2D eigenvalue weighted by atomic mass is 16.5. The maximum Gasteiger partial charge on any atom is 0.170 e. The molecular formula is C8H10N2O2. The van der Waals surface area contributed by atoms with Crippen molar-refractivity contribution in [3.63, 3.8) is 0 Å². The van der Waals surface area contributed by atoms with Crippen LogP contribution < -0.4 is 0 Å². The van der Waals surface area contributed by atoms with Crippen molar-refractivity contribution in [1.82, 2.24) is 9.55 Å². The number of aldehydes is 1. The van der Waals surface area contributed by atoms with E-state index in [1.807, 2.05) is 11.5 Å². The van der Waals surface area contributed by atoms with Gasteiger partial charge in [-0.05, 0) is 6.92 Å². The highest BCUT2D eigenvalue weighted by Gasteiger charge is 2.15. The summed E-state index contributed by atoms with van der Waals surface area (Å²) in [7, 11) is 0. The van der Waals surface area contributed by atoms with E-state index in [2.05, 4.69) is 4.98 Å². The SMILES string of the molecule is Cc1c(C=O)nc2n1CCOC2. The normalized spacial score (nSPS) is 15.8. The van der Waals surface area contributed by atoms with Crippen molar-refractivity contribution in [3.05, 3.63) is 17.2 Å². The Bertz CT molecular complexity index is 317. The molecule has 1 aliphatic rings. The first-order valence-electron chi connectivity index (χ1n) is 3.92. The molecule has 0 bridgehead atoms. The predicted molar refractivity (Wildman–Crippen MR) is 42.0 cm³/mol. The molecule has 0 aromatic carbocycles. The number of ether oxygens (including phenoxy) is 1. The Balaban J connectivity index is 2.51. The molecule has 4 heteroatoms. The van der Waals surface area contributed by atoms with Crippen LogP contribution in [-0.4, -0.2) is 22.4 Å². The fourth-order valence-corrected chi connectivity index (χ4v) is 1.45. The van der Waals surface area contributed by atoms with Crippen molar-refractivity contribution in [2.75, 3.05) is 6.61 Å². The first kappa shape index (κ1) is 7.49. The van der Waals surface area contributed by atoms with Crippen molar-refractivity contribution in [2.24, 2.45) is 0 Å². The Kier molecular flexibility index (Phi) is 1.69. The van der Waals surface area contributed by atoms with Crippen LogP contribution in [0.2, 0.25) is 0 Å². The summed E-state index contributed by atoms with van der Waals surface area (Å²) in [5.41, 5.74) is 1.49. The maximum atomic E-state index is 10.5. The second-order valence-corrected chi connectivity index (χ2v) is 2.82. The molecule has 2 heterocycles. The summed E-state index contributed by atoms with van der Waals surface area (Å²) in [5.74, 6) is 0.862. The van der Waals surface area contributed by atoms with Gasteiger partial charge in [0, 0.05) is 12.2 Å². The summed E-state index contributed by atoms with van der Waals surface area (Å²) in [5, 5.41) is 0. The van der Waals surface area contributed by atoms with Gasteiger partial charge in [-0.3, -0.25) is 4.79 Å². The minimum Gasteiger partial charge on any atom is -0.372 e. The van der Waals surface area contributed by atoms with E-state index in [0.29, 0.717) is 18.9 Å². The van der Waals surface area contributed by atoms with Gasteiger partial charge in [0.15, 0.2) is 6.29 Å². The fraction of sp³-hybridized carbons (Fsp3) is 0.500. The van der Waals surface area contributed by atoms with Crippen LogP contribution in [0.1, 0.15) is 22.0 Å². The smallest absolute Gasteiger partial charge is 0.170 e. The molecule has 1 aromatic heterocycles. The quantitative estimate of drug-likeness (QED) is 0.572. The number of carbonyl (C=O) groups excluding carboxylic acids is 1. The van der Waals surface area contributed by atoms with Crippen LogP contribution in [0.4, 0.5) is 0 Å². The Morgan fingerprint density at radius 2 is 2.50 bits per heavy atom. The molecule has 0 spiro atoms. The molecule has 4 nitrogen and oxygen atoms in total. The monoisotopic (exact) mass is 166 g/mol. The zero-order chi connectivity index (χ0) is 8.55. The fourth-order valence-electron chi connectivity index (χ4n) is 1.45. The van der Waals surface area contributed by atoms with Gasteiger partial charge in [-0.2, -0.15) is 0 Å². The minimum atomic E-state index is 0.522. The lowest BCUT2D eigenvalue weighted by Crippen LogP contribution is -2.17. The molecule has 0 saturated heterocycles. The zero-order valence-electron chi connectivity index (χ0n) is 6.91. The van der Waals surface area contributed by atoms with E-state index < -0.39 is 0 Å². The molecule has 0 amide bonds. The molecule has 1 aromatic rings. The van der Waals surface area contributed by atoms with Gasteiger partial charge >= 0.3 is 0 Å². The molecule has 12 heavy (non-hydrogen) atoms. The number of nitrogens with zero attached hydrogens (tertiary/aromatic N) is 2. The van der Waals surface area contributed by atoms with E-state index in [0.717, 1.165) is 24.3 Å². The lowest BCUT2D eigenvalue weighted by Gasteiger charge is -2.15. The van der Waals surface area contributed by atoms with Crippen LogP contribution in [0, 0.1) is 6.92 Å². The van der Waals surface area contributed by atoms with Crippen LogP contribution in [0.25, 0.3) is 0 Å². The average molecular weight is 166 g/mol. The Morgan fingerprint density at radius 3 is 3.17 bits per heavy atom. The van der Waals surface area contributed by atoms with Gasteiger partial charge in [0.2, 0.25) is 0 Å². The summed E-state index contributed by atoms with van der Waals surface area (Å²) in [6.07, 6.45) is 0.792. The van der Waals surface area contributed by atoms with Crippen molar-refractivity contribution >= 4 is 6.29 Å². The summed E-state index contributed by atoms with van der Waals surface area (Å²) in [6, 6.07) is 0. The van der Waals surface area contributed by atoms with Gasteiger partial charge in [-0.25, -0.2) is 4.98 Å². The average Bonchev–Trinajstić information content (AvgIpc) is 2.44. The lowest BCUT2D eigenvalue weighted by molar-refractivity contribution is 0.0809. The first-order valence-corrected chi connectivity index (χ1v) is 3.92. The molecule has 0 atom stereocenters. The molecule has 64 valence electrons. The Hall–Kier alpha value is -1.16. The first-order chi connectivity index (χ1) is 5.83. The molecule has 1 aliphatic heterocycles. The lowest BCUT2D eigenvalue weighted by atomic mass is 10.3. The molecule has 0 fully saturated rings. The largest absolute Gasteiger partial charge is 0.372 e. The van der Waals surface area contributed by atoms with Gasteiger partial charge in [0.05, 0.1) is 6.61 Å². The number of carbonyl (C=O) groups is 1. The number of hydrogen-bond acceptors (Lipinski definition) is 3. The predicted octanol–water partition coefficient (Wildman–Crippen LogP) is 0.534. The highest BCUT2D eigenvalue weighted by molar-refractivity contribution is 5.73. The zero-order valence-corrected chi connectivity index (χ0v) is 6.91. The van der Waals surface area contributed by atoms with E-state index >= 15 is 0 Å². The second-order valence-electron chi connectivity index (χ2n) is 2.82. The van der Waals surface area contributed by atoms with E-state index in [1.165, 1.54) is 0 Å². The van der Waals surface area contributed by atoms with E-state index in [9.17, 15) is 4.79 Å². The van der Waals surface area contributed by atoms with Gasteiger partial charge < -0.3 is 9.30 Å². The van der Waals surface area contributed by atoms with Gasteiger partial charge in [-0.1, -0.05) is 0 Å². The van der Waals surface area contributed by atoms with Crippen LogP contribution >= 0.6 is 0 Å². The van der Waals surface area contributed by atoms with Crippen LogP contribution in [0.3, 0.4) is 0 Å². The third-order valence-electron chi connectivity index (χ3n) is 2.14. The summed E-state index contributed by atoms with van der Waals surface area (Å²) in [4.78, 5) is 14.7. The molecule has 0 radical (unpaired) electrons. The molecular weight excluding hydrogens is 156 g/mol. The van der Waals surface area contributed by atoms with Crippen molar-refractivity contribution < 1.29 is 9.53 Å². The van der Waals surface area contributed by atoms with Gasteiger partial charge in [0.25, 0.3) is 0 Å². The van der Waals surface area contributed by atoms with Gasteiger partial charge in [0.1, 0.15) is 18.1 Å². The summed E-state index contributed by atoms with van der Waals surface area (Å²) < 4.78 is 7.24. The standard InChI is InChI=1S/C8H10N2O2/c1-6-7(4-11)9-8-5-12-3-2-10(6)8/h4H,2-3,5H2,1H3. The third kappa shape index (κ3) is 0.956. The molecule has 0 saturated carbocycles. The Labute approximate surface area is 70.2 Å². The molecule has 0 N–H and O–H groups in total. The number of hydrogen-bond donors (Lipinski definition) is 0. The van der Waals surface area contributed by atoms with Crippen LogP contribution in [0.5, 0.6) is 0 Å². The van der Waals surface area contributed by atoms with Crippen molar-refractivity contribution in [2.45, 2.75) is 20.1 Å². The highest BCUT2D eigenvalue weighted by Crippen LogP contribution is 2.13. The number of imidazole rings is 1. The molecule has 0 aliphatic carbocycles. The molecule has 2 rings (SSSR count). The number of rotatable bonds is 1. The van der Waals surface area contributed by atoms with Crippen LogP contribution in [-0.2, 0) is 17.9 Å².